The van der Waals surface area contributed by atoms with E-state index in [-0.39, 0.29) is 40.5 Å². The molecule has 0 amide bonds. The molecule has 0 radical (unpaired) electrons. The molecule has 0 fully saturated rings. The van der Waals surface area contributed by atoms with Crippen LogP contribution in [0.2, 0.25) is 0 Å². The fourth-order valence-electron chi connectivity index (χ4n) is 3.33. The molecule has 2 N–H and O–H groups in total. The molecule has 12 heteroatoms. The van der Waals surface area contributed by atoms with Crippen molar-refractivity contribution < 1.29 is 26.3 Å². The molecule has 0 aliphatic rings. The number of alkyl halides is 6. The Bertz CT molecular complexity index is 1380. The fraction of sp³-hybridized carbons (Fsp3) is 0.286. The smallest absolute Gasteiger partial charge is 0.329 e. The maximum atomic E-state index is 13.2. The molecule has 6 nitrogen and oxygen atoms in total. The van der Waals surface area contributed by atoms with Crippen molar-refractivity contribution in [2.45, 2.75) is 38.7 Å². The number of aromatic nitrogens is 4. The molecular formula is C21H18F6N4O2. The SMILES string of the molecule is C=c1[nH]c(=O)c(=Cc2ncn(Cc3cc(C(F)(F)F)cc(C(F)(F)F)c3)c2C(C)C)[nH]c1=O. The minimum atomic E-state index is -4.96. The van der Waals surface area contributed by atoms with Crippen molar-refractivity contribution >= 4 is 12.7 Å². The predicted octanol–water partition coefficient (Wildman–Crippen LogP) is 2.71. The lowest BCUT2D eigenvalue weighted by Gasteiger charge is -2.16. The van der Waals surface area contributed by atoms with Gasteiger partial charge in [0, 0.05) is 12.2 Å². The zero-order chi connectivity index (χ0) is 24.7. The van der Waals surface area contributed by atoms with Crippen molar-refractivity contribution in [2.75, 3.05) is 0 Å². The van der Waals surface area contributed by atoms with Crippen molar-refractivity contribution in [1.29, 1.82) is 0 Å². The lowest BCUT2D eigenvalue weighted by Crippen LogP contribution is -2.46. The van der Waals surface area contributed by atoms with E-state index < -0.39 is 34.6 Å². The van der Waals surface area contributed by atoms with Gasteiger partial charge in [0.05, 0.1) is 28.5 Å². The summed E-state index contributed by atoms with van der Waals surface area (Å²) in [5.41, 5.74) is -3.65. The van der Waals surface area contributed by atoms with Crippen LogP contribution < -0.4 is 21.8 Å². The standard InChI is InChI=1S/C21H18F6N4O2/c1-10(2)17-15(7-16-19(33)29-11(3)18(32)30-16)28-9-31(17)8-12-4-13(20(22,23)24)6-14(5-12)21(25,26)27/h4-7,9-10H,3,8H2,1-2H3,(H,29,33)(H,30,32). The number of rotatable bonds is 4. The molecule has 33 heavy (non-hydrogen) atoms. The van der Waals surface area contributed by atoms with Gasteiger partial charge in [-0.25, -0.2) is 4.98 Å². The highest BCUT2D eigenvalue weighted by Gasteiger charge is 2.37. The van der Waals surface area contributed by atoms with Gasteiger partial charge >= 0.3 is 12.4 Å². The van der Waals surface area contributed by atoms with Crippen molar-refractivity contribution in [3.8, 4) is 0 Å². The molecule has 2 heterocycles. The Kier molecular flexibility index (Phi) is 6.14. The third-order valence-corrected chi connectivity index (χ3v) is 4.77. The number of nitrogens with one attached hydrogen (secondary N) is 2. The maximum absolute atomic E-state index is 13.2. The molecule has 176 valence electrons. The largest absolute Gasteiger partial charge is 0.416 e. The van der Waals surface area contributed by atoms with Crippen LogP contribution >= 0.6 is 0 Å². The topological polar surface area (TPSA) is 83.5 Å². The summed E-state index contributed by atoms with van der Waals surface area (Å²) >= 11 is 0. The second-order valence-corrected chi connectivity index (χ2v) is 7.66. The van der Waals surface area contributed by atoms with E-state index in [1.807, 2.05) is 0 Å². The Hall–Kier alpha value is -3.57. The van der Waals surface area contributed by atoms with Crippen LogP contribution in [0.1, 0.15) is 47.8 Å². The van der Waals surface area contributed by atoms with E-state index in [2.05, 4.69) is 21.5 Å². The van der Waals surface area contributed by atoms with E-state index in [4.69, 9.17) is 0 Å². The first-order valence-corrected chi connectivity index (χ1v) is 9.53. The molecule has 0 saturated carbocycles. The highest BCUT2D eigenvalue weighted by molar-refractivity contribution is 5.47. The number of H-pyrrole nitrogens is 2. The summed E-state index contributed by atoms with van der Waals surface area (Å²) in [4.78, 5) is 32.6. The van der Waals surface area contributed by atoms with Gasteiger partial charge in [-0.15, -0.1) is 0 Å². The molecule has 0 spiro atoms. The van der Waals surface area contributed by atoms with E-state index in [1.165, 1.54) is 17.0 Å². The maximum Gasteiger partial charge on any atom is 0.416 e. The van der Waals surface area contributed by atoms with Crippen LogP contribution in [0.5, 0.6) is 0 Å². The Labute approximate surface area is 181 Å². The Balaban J connectivity index is 2.14. The average Bonchev–Trinajstić information content (AvgIpc) is 3.06. The quantitative estimate of drug-likeness (QED) is 0.573. The molecule has 2 aromatic heterocycles. The minimum Gasteiger partial charge on any atom is -0.329 e. The third-order valence-electron chi connectivity index (χ3n) is 4.77. The molecule has 0 aliphatic heterocycles. The zero-order valence-corrected chi connectivity index (χ0v) is 17.4. The second kappa shape index (κ2) is 8.41. The van der Waals surface area contributed by atoms with E-state index in [0.717, 1.165) is 0 Å². The predicted molar refractivity (Wildman–Crippen MR) is 108 cm³/mol. The molecule has 0 saturated heterocycles. The summed E-state index contributed by atoms with van der Waals surface area (Å²) in [5, 5.41) is -0.269. The van der Waals surface area contributed by atoms with Crippen LogP contribution in [0, 0.1) is 0 Å². The first-order chi connectivity index (χ1) is 15.2. The third kappa shape index (κ3) is 5.26. The number of benzene rings is 1. The van der Waals surface area contributed by atoms with Gasteiger partial charge in [0.2, 0.25) is 0 Å². The normalized spacial score (nSPS) is 13.2. The van der Waals surface area contributed by atoms with Gasteiger partial charge in [-0.2, -0.15) is 26.3 Å². The van der Waals surface area contributed by atoms with Gasteiger partial charge in [0.15, 0.2) is 0 Å². The van der Waals surface area contributed by atoms with Gasteiger partial charge in [-0.05, 0) is 35.8 Å². The highest BCUT2D eigenvalue weighted by Crippen LogP contribution is 2.36. The van der Waals surface area contributed by atoms with Crippen molar-refractivity contribution in [3.05, 3.63) is 84.0 Å². The summed E-state index contributed by atoms with van der Waals surface area (Å²) in [6.07, 6.45) is -7.40. The summed E-state index contributed by atoms with van der Waals surface area (Å²) in [6, 6.07) is 1.37. The Morgan fingerprint density at radius 2 is 1.58 bits per heavy atom. The summed E-state index contributed by atoms with van der Waals surface area (Å²) < 4.78 is 80.4. The van der Waals surface area contributed by atoms with Crippen LogP contribution in [0.15, 0.2) is 34.1 Å². The van der Waals surface area contributed by atoms with E-state index >= 15 is 0 Å². The number of halogens is 6. The van der Waals surface area contributed by atoms with Crippen LogP contribution in [0.4, 0.5) is 26.3 Å². The zero-order valence-electron chi connectivity index (χ0n) is 17.4. The molecule has 0 bridgehead atoms. The molecule has 0 atom stereocenters. The van der Waals surface area contributed by atoms with Crippen LogP contribution in [0.3, 0.4) is 0 Å². The van der Waals surface area contributed by atoms with Crippen LogP contribution in [-0.4, -0.2) is 19.5 Å². The van der Waals surface area contributed by atoms with Gasteiger partial charge in [0.25, 0.3) is 11.1 Å². The first-order valence-electron chi connectivity index (χ1n) is 9.53. The molecule has 0 unspecified atom stereocenters. The fourth-order valence-corrected chi connectivity index (χ4v) is 3.33. The molecule has 1 aromatic carbocycles. The minimum absolute atomic E-state index is 0.0643. The van der Waals surface area contributed by atoms with Gasteiger partial charge in [0.1, 0.15) is 5.35 Å². The molecule has 0 aliphatic carbocycles. The molecule has 3 rings (SSSR count). The number of hydrogen-bond acceptors (Lipinski definition) is 3. The lowest BCUT2D eigenvalue weighted by atomic mass is 10.0. The Morgan fingerprint density at radius 3 is 2.09 bits per heavy atom. The van der Waals surface area contributed by atoms with E-state index in [9.17, 15) is 35.9 Å². The van der Waals surface area contributed by atoms with Crippen molar-refractivity contribution in [2.24, 2.45) is 0 Å². The number of aromatic amines is 2. The number of hydrogen-bond donors (Lipinski definition) is 2. The van der Waals surface area contributed by atoms with E-state index in [0.29, 0.717) is 17.8 Å². The Morgan fingerprint density at radius 1 is 1.00 bits per heavy atom. The van der Waals surface area contributed by atoms with Gasteiger partial charge in [-0.3, -0.25) is 9.59 Å². The first kappa shape index (κ1) is 24.1. The summed E-state index contributed by atoms with van der Waals surface area (Å²) in [6.45, 7) is 6.53. The average molecular weight is 472 g/mol. The van der Waals surface area contributed by atoms with Crippen LogP contribution in [-0.2, 0) is 18.9 Å². The number of nitrogens with zero attached hydrogens (tertiary/aromatic N) is 2. The van der Waals surface area contributed by atoms with Crippen molar-refractivity contribution in [3.63, 3.8) is 0 Å². The molecule has 3 aromatic rings. The monoisotopic (exact) mass is 472 g/mol. The number of imidazole rings is 1. The van der Waals surface area contributed by atoms with Crippen molar-refractivity contribution in [1.82, 2.24) is 19.5 Å². The summed E-state index contributed by atoms with van der Waals surface area (Å²) in [7, 11) is 0. The highest BCUT2D eigenvalue weighted by atomic mass is 19.4. The van der Waals surface area contributed by atoms with Crippen LogP contribution in [0.25, 0.3) is 12.7 Å². The molecular weight excluding hydrogens is 454 g/mol. The summed E-state index contributed by atoms with van der Waals surface area (Å²) in [5.74, 6) is -0.274. The van der Waals surface area contributed by atoms with Gasteiger partial charge < -0.3 is 14.5 Å². The second-order valence-electron chi connectivity index (χ2n) is 7.66. The van der Waals surface area contributed by atoms with Gasteiger partial charge in [-0.1, -0.05) is 20.4 Å². The van der Waals surface area contributed by atoms with E-state index in [1.54, 1.807) is 13.8 Å². The lowest BCUT2D eigenvalue weighted by molar-refractivity contribution is -0.143.